The van der Waals surface area contributed by atoms with E-state index in [2.05, 4.69) is 26.0 Å². The van der Waals surface area contributed by atoms with Crippen molar-refractivity contribution in [2.45, 2.75) is 49.0 Å². The van der Waals surface area contributed by atoms with Crippen LogP contribution in [0.1, 0.15) is 44.6 Å². The van der Waals surface area contributed by atoms with E-state index in [-0.39, 0.29) is 0 Å². The molecule has 1 saturated carbocycles. The van der Waals surface area contributed by atoms with E-state index in [0.29, 0.717) is 11.2 Å². The fraction of sp³-hybridized carbons (Fsp3) is 0.533. The van der Waals surface area contributed by atoms with Crippen LogP contribution >= 0.6 is 11.8 Å². The van der Waals surface area contributed by atoms with Gasteiger partial charge in [0.25, 0.3) is 0 Å². The molecular weight excluding hydrogens is 244 g/mol. The Kier molecular flexibility index (Phi) is 4.00. The molecule has 0 aromatic heterocycles. The van der Waals surface area contributed by atoms with Crippen LogP contribution in [0.2, 0.25) is 0 Å². The van der Waals surface area contributed by atoms with E-state index in [1.807, 2.05) is 18.2 Å². The summed E-state index contributed by atoms with van der Waals surface area (Å²) in [5.74, 6) is -0.223. The molecule has 0 heterocycles. The number of aliphatic carboxylic acids is 1. The summed E-state index contributed by atoms with van der Waals surface area (Å²) in [7, 11) is 0. The highest BCUT2D eigenvalue weighted by Crippen LogP contribution is 2.54. The lowest BCUT2D eigenvalue weighted by Crippen LogP contribution is -2.47. The largest absolute Gasteiger partial charge is 0.480 e. The van der Waals surface area contributed by atoms with Gasteiger partial charge in [-0.1, -0.05) is 44.2 Å². The normalized spacial score (nSPS) is 28.4. The predicted molar refractivity (Wildman–Crippen MR) is 76.1 cm³/mol. The van der Waals surface area contributed by atoms with Crippen molar-refractivity contribution < 1.29 is 9.90 Å². The number of carboxylic acid groups (broad SMARTS) is 1. The third-order valence-corrected chi connectivity index (χ3v) is 5.51. The molecule has 0 aliphatic heterocycles. The van der Waals surface area contributed by atoms with Crippen LogP contribution in [0.15, 0.2) is 30.3 Å². The average molecular weight is 264 g/mol. The molecule has 2 nitrogen and oxygen atoms in total. The van der Waals surface area contributed by atoms with Crippen molar-refractivity contribution in [3.63, 3.8) is 0 Å². The molecule has 1 aliphatic rings. The second-order valence-electron chi connectivity index (χ2n) is 5.15. The van der Waals surface area contributed by atoms with Gasteiger partial charge in [0.15, 0.2) is 0 Å². The number of thioether (sulfide) groups is 1. The van der Waals surface area contributed by atoms with Crippen molar-refractivity contribution >= 4 is 17.7 Å². The molecule has 1 aromatic rings. The molecule has 0 amide bonds. The minimum absolute atomic E-state index is 0.415. The lowest BCUT2D eigenvalue weighted by Gasteiger charge is -2.45. The van der Waals surface area contributed by atoms with Gasteiger partial charge in [0.1, 0.15) is 4.75 Å². The van der Waals surface area contributed by atoms with Crippen molar-refractivity contribution in [2.75, 3.05) is 0 Å². The van der Waals surface area contributed by atoms with Gasteiger partial charge in [-0.2, -0.15) is 0 Å². The van der Waals surface area contributed by atoms with Gasteiger partial charge in [-0.15, -0.1) is 11.8 Å². The first-order valence-electron chi connectivity index (χ1n) is 6.53. The number of carboxylic acids is 1. The molecule has 0 saturated heterocycles. The highest BCUT2D eigenvalue weighted by molar-refractivity contribution is 8.02. The van der Waals surface area contributed by atoms with E-state index in [0.717, 1.165) is 19.3 Å². The summed E-state index contributed by atoms with van der Waals surface area (Å²) in [6.07, 6.45) is 2.55. The maximum Gasteiger partial charge on any atom is 0.319 e. The SMILES string of the molecule is CCC(C)SC1(C(=O)O)CC(c2ccccc2)C1. The van der Waals surface area contributed by atoms with Crippen LogP contribution in [0, 0.1) is 0 Å². The summed E-state index contributed by atoms with van der Waals surface area (Å²) < 4.78 is -0.546. The van der Waals surface area contributed by atoms with Crippen LogP contribution in [0.5, 0.6) is 0 Å². The van der Waals surface area contributed by atoms with Crippen LogP contribution in [0.25, 0.3) is 0 Å². The van der Waals surface area contributed by atoms with Crippen LogP contribution < -0.4 is 0 Å². The van der Waals surface area contributed by atoms with Gasteiger partial charge >= 0.3 is 5.97 Å². The molecule has 0 radical (unpaired) electrons. The Morgan fingerprint density at radius 3 is 2.56 bits per heavy atom. The Labute approximate surface area is 113 Å². The lowest BCUT2D eigenvalue weighted by atomic mass is 9.70. The molecule has 3 heteroatoms. The molecule has 1 fully saturated rings. The summed E-state index contributed by atoms with van der Waals surface area (Å²) in [5.41, 5.74) is 1.28. The summed E-state index contributed by atoms with van der Waals surface area (Å²) in [6.45, 7) is 4.23. The van der Waals surface area contributed by atoms with Gasteiger partial charge in [-0.3, -0.25) is 4.79 Å². The maximum absolute atomic E-state index is 11.5. The summed E-state index contributed by atoms with van der Waals surface area (Å²) in [6, 6.07) is 10.3. The second kappa shape index (κ2) is 5.35. The van der Waals surface area contributed by atoms with E-state index in [9.17, 15) is 9.90 Å². The third-order valence-electron chi connectivity index (χ3n) is 3.81. The van der Waals surface area contributed by atoms with Crippen LogP contribution in [-0.4, -0.2) is 21.1 Å². The molecule has 0 spiro atoms. The molecule has 1 unspecified atom stereocenters. The predicted octanol–water partition coefficient (Wildman–Crippen LogP) is 3.92. The Morgan fingerprint density at radius 1 is 1.44 bits per heavy atom. The third kappa shape index (κ3) is 2.56. The molecular formula is C15H20O2S. The van der Waals surface area contributed by atoms with Crippen molar-refractivity contribution in [3.8, 4) is 0 Å². The first kappa shape index (κ1) is 13.5. The molecule has 1 N–H and O–H groups in total. The number of carbonyl (C=O) groups is 1. The van der Waals surface area contributed by atoms with Gasteiger partial charge in [-0.25, -0.2) is 0 Å². The van der Waals surface area contributed by atoms with Crippen LogP contribution in [-0.2, 0) is 4.79 Å². The second-order valence-corrected chi connectivity index (χ2v) is 6.97. The molecule has 2 rings (SSSR count). The molecule has 1 atom stereocenters. The number of rotatable bonds is 5. The van der Waals surface area contributed by atoms with Gasteiger partial charge in [0, 0.05) is 5.25 Å². The van der Waals surface area contributed by atoms with Crippen LogP contribution in [0.3, 0.4) is 0 Å². The van der Waals surface area contributed by atoms with Crippen molar-refractivity contribution in [3.05, 3.63) is 35.9 Å². The van der Waals surface area contributed by atoms with Crippen molar-refractivity contribution in [2.24, 2.45) is 0 Å². The first-order chi connectivity index (χ1) is 8.57. The topological polar surface area (TPSA) is 37.3 Å². The summed E-state index contributed by atoms with van der Waals surface area (Å²) in [4.78, 5) is 11.5. The molecule has 0 bridgehead atoms. The minimum Gasteiger partial charge on any atom is -0.480 e. The van der Waals surface area contributed by atoms with E-state index in [1.54, 1.807) is 11.8 Å². The van der Waals surface area contributed by atoms with Gasteiger partial charge in [0.05, 0.1) is 0 Å². The summed E-state index contributed by atoms with van der Waals surface area (Å²) in [5, 5.41) is 9.89. The lowest BCUT2D eigenvalue weighted by molar-refractivity contribution is -0.142. The van der Waals surface area contributed by atoms with E-state index >= 15 is 0 Å². The zero-order chi connectivity index (χ0) is 13.2. The summed E-state index contributed by atoms with van der Waals surface area (Å²) >= 11 is 1.64. The smallest absolute Gasteiger partial charge is 0.319 e. The first-order valence-corrected chi connectivity index (χ1v) is 7.41. The van der Waals surface area contributed by atoms with Gasteiger partial charge in [-0.05, 0) is 30.7 Å². The molecule has 1 aromatic carbocycles. The standard InChI is InChI=1S/C15H20O2S/c1-3-11(2)18-15(14(16)17)9-13(10-15)12-7-5-4-6-8-12/h4-8,11,13H,3,9-10H2,1-2H3,(H,16,17). The Bertz CT molecular complexity index is 410. The zero-order valence-electron chi connectivity index (χ0n) is 10.9. The minimum atomic E-state index is -0.639. The number of benzene rings is 1. The highest BCUT2D eigenvalue weighted by Gasteiger charge is 2.51. The monoisotopic (exact) mass is 264 g/mol. The van der Waals surface area contributed by atoms with Gasteiger partial charge in [0.2, 0.25) is 0 Å². The number of hydrogen-bond donors (Lipinski definition) is 1. The average Bonchev–Trinajstić information content (AvgIpc) is 2.33. The highest BCUT2D eigenvalue weighted by atomic mass is 32.2. The maximum atomic E-state index is 11.5. The fourth-order valence-electron chi connectivity index (χ4n) is 2.49. The Hall–Kier alpha value is -0.960. The van der Waals surface area contributed by atoms with Crippen LogP contribution in [0.4, 0.5) is 0 Å². The Balaban J connectivity index is 2.04. The zero-order valence-corrected chi connectivity index (χ0v) is 11.7. The van der Waals surface area contributed by atoms with E-state index < -0.39 is 10.7 Å². The molecule has 98 valence electrons. The van der Waals surface area contributed by atoms with E-state index in [1.165, 1.54) is 5.56 Å². The van der Waals surface area contributed by atoms with E-state index in [4.69, 9.17) is 0 Å². The quantitative estimate of drug-likeness (QED) is 0.876. The van der Waals surface area contributed by atoms with Gasteiger partial charge < -0.3 is 5.11 Å². The fourth-order valence-corrected chi connectivity index (χ4v) is 4.12. The number of hydrogen-bond acceptors (Lipinski definition) is 2. The van der Waals surface area contributed by atoms with Crippen molar-refractivity contribution in [1.29, 1.82) is 0 Å². The molecule has 1 aliphatic carbocycles. The molecule has 18 heavy (non-hydrogen) atoms. The Morgan fingerprint density at radius 2 is 2.06 bits per heavy atom. The van der Waals surface area contributed by atoms with Crippen molar-refractivity contribution in [1.82, 2.24) is 0 Å².